The number of anilines is 1. The highest BCUT2D eigenvalue weighted by molar-refractivity contribution is 6.42. The molecule has 10 heteroatoms. The lowest BCUT2D eigenvalue weighted by Gasteiger charge is -2.44. The highest BCUT2D eigenvalue weighted by Gasteiger charge is 2.37. The van der Waals surface area contributed by atoms with Crippen LogP contribution in [0.3, 0.4) is 0 Å². The molecule has 0 N–H and O–H groups in total. The fourth-order valence-electron chi connectivity index (χ4n) is 5.30. The second kappa shape index (κ2) is 11.4. The summed E-state index contributed by atoms with van der Waals surface area (Å²) in [5.74, 6) is -0.332. The minimum absolute atomic E-state index is 0.0224. The van der Waals surface area contributed by atoms with Crippen molar-refractivity contribution < 1.29 is 13.9 Å². The molecule has 5 rings (SSSR count). The van der Waals surface area contributed by atoms with Gasteiger partial charge in [-0.3, -0.25) is 14.7 Å². The number of nitrogens with zero attached hydrogens (tertiary/aromatic N) is 4. The summed E-state index contributed by atoms with van der Waals surface area (Å²) < 4.78 is 18.9. The van der Waals surface area contributed by atoms with Crippen LogP contribution in [0.4, 0.5) is 14.9 Å². The maximum Gasteiger partial charge on any atom is 0.325 e. The molecular formula is C26H30Cl3FN4O2. The molecule has 2 amide bonds. The van der Waals surface area contributed by atoms with Crippen molar-refractivity contribution in [2.45, 2.75) is 32.0 Å². The minimum atomic E-state index is -0.332. The van der Waals surface area contributed by atoms with Crippen molar-refractivity contribution in [1.29, 1.82) is 0 Å². The van der Waals surface area contributed by atoms with E-state index in [1.165, 1.54) is 12.1 Å². The van der Waals surface area contributed by atoms with Crippen molar-refractivity contribution in [3.05, 3.63) is 62.3 Å². The maximum atomic E-state index is 13.8. The number of carbonyl (C=O) groups excluding carboxylic acids is 1. The molecule has 194 valence electrons. The van der Waals surface area contributed by atoms with E-state index in [1.54, 1.807) is 6.07 Å². The predicted octanol–water partition coefficient (Wildman–Crippen LogP) is 5.52. The smallest absolute Gasteiger partial charge is 0.325 e. The maximum absolute atomic E-state index is 13.8. The Morgan fingerprint density at radius 3 is 2.33 bits per heavy atom. The van der Waals surface area contributed by atoms with E-state index in [0.717, 1.165) is 75.6 Å². The number of likely N-dealkylation sites (tertiary alicyclic amines) is 1. The summed E-state index contributed by atoms with van der Waals surface area (Å²) in [4.78, 5) is 22.3. The van der Waals surface area contributed by atoms with Gasteiger partial charge in [0, 0.05) is 63.4 Å². The number of morpholine rings is 1. The zero-order chi connectivity index (χ0) is 25.2. The largest absolute Gasteiger partial charge is 0.379 e. The highest BCUT2D eigenvalue weighted by Crippen LogP contribution is 2.38. The molecule has 0 aliphatic carbocycles. The van der Waals surface area contributed by atoms with Crippen LogP contribution in [0.15, 0.2) is 30.3 Å². The van der Waals surface area contributed by atoms with Crippen molar-refractivity contribution in [2.24, 2.45) is 0 Å². The molecule has 3 aliphatic rings. The van der Waals surface area contributed by atoms with Crippen LogP contribution in [0.2, 0.25) is 15.1 Å². The first-order valence-corrected chi connectivity index (χ1v) is 13.5. The first-order chi connectivity index (χ1) is 17.4. The molecule has 6 nitrogen and oxygen atoms in total. The molecule has 0 spiro atoms. The molecule has 2 aromatic carbocycles. The predicted molar refractivity (Wildman–Crippen MR) is 142 cm³/mol. The lowest BCUT2D eigenvalue weighted by atomic mass is 9.99. The first kappa shape index (κ1) is 26.0. The average molecular weight is 556 g/mol. The molecule has 0 saturated carbocycles. The number of fused-ring (bicyclic) bond motifs is 1. The third-order valence-corrected chi connectivity index (χ3v) is 8.41. The number of amides is 2. The van der Waals surface area contributed by atoms with Gasteiger partial charge in [-0.05, 0) is 48.2 Å². The molecule has 2 aromatic rings. The monoisotopic (exact) mass is 554 g/mol. The fourth-order valence-corrected chi connectivity index (χ4v) is 5.87. The van der Waals surface area contributed by atoms with E-state index in [0.29, 0.717) is 34.7 Å². The van der Waals surface area contributed by atoms with Crippen LogP contribution in [0, 0.1) is 5.82 Å². The second-order valence-electron chi connectivity index (χ2n) is 9.67. The molecule has 3 aliphatic heterocycles. The summed E-state index contributed by atoms with van der Waals surface area (Å²) in [6.07, 6.45) is 1.64. The van der Waals surface area contributed by atoms with E-state index < -0.39 is 0 Å². The summed E-state index contributed by atoms with van der Waals surface area (Å²) in [6, 6.07) is 8.35. The molecule has 0 unspecified atom stereocenters. The molecule has 36 heavy (non-hydrogen) atoms. The molecule has 0 atom stereocenters. The van der Waals surface area contributed by atoms with Crippen LogP contribution in [0.1, 0.15) is 24.0 Å². The Kier molecular flexibility index (Phi) is 8.25. The second-order valence-corrected chi connectivity index (χ2v) is 10.9. The van der Waals surface area contributed by atoms with Crippen LogP contribution < -0.4 is 4.90 Å². The number of carbonyl (C=O) groups is 1. The zero-order valence-electron chi connectivity index (χ0n) is 20.1. The van der Waals surface area contributed by atoms with Crippen LogP contribution >= 0.6 is 34.8 Å². The van der Waals surface area contributed by atoms with Gasteiger partial charge in [0.25, 0.3) is 0 Å². The van der Waals surface area contributed by atoms with E-state index in [1.807, 2.05) is 21.9 Å². The summed E-state index contributed by atoms with van der Waals surface area (Å²) in [5, 5.41) is 1.40. The number of halogens is 4. The molecule has 0 bridgehead atoms. The topological polar surface area (TPSA) is 39.3 Å². The van der Waals surface area contributed by atoms with E-state index in [9.17, 15) is 9.18 Å². The SMILES string of the molecule is O=C1N(CCN2CCOCC2)Cc2cc(Cl)c(Cl)cc2N1C1CCN(Cc2ccc(F)cc2Cl)CC1. The Balaban J connectivity index is 1.30. The number of hydrogen-bond donors (Lipinski definition) is 0. The van der Waals surface area contributed by atoms with Gasteiger partial charge in [-0.1, -0.05) is 40.9 Å². The van der Waals surface area contributed by atoms with Gasteiger partial charge >= 0.3 is 6.03 Å². The normalized spacial score (nSPS) is 20.2. The minimum Gasteiger partial charge on any atom is -0.379 e. The van der Waals surface area contributed by atoms with Gasteiger partial charge in [0.1, 0.15) is 5.82 Å². The number of urea groups is 1. The number of benzene rings is 2. The lowest BCUT2D eigenvalue weighted by molar-refractivity contribution is 0.0346. The van der Waals surface area contributed by atoms with E-state index >= 15 is 0 Å². The molecule has 2 fully saturated rings. The summed E-state index contributed by atoms with van der Waals surface area (Å²) >= 11 is 19.0. The molecule has 3 heterocycles. The Morgan fingerprint density at radius 1 is 0.889 bits per heavy atom. The number of ether oxygens (including phenoxy) is 1. The van der Waals surface area contributed by atoms with Gasteiger partial charge in [0.05, 0.1) is 28.9 Å². The van der Waals surface area contributed by atoms with Crippen LogP contribution in [-0.4, -0.2) is 79.3 Å². The van der Waals surface area contributed by atoms with Crippen LogP contribution in [0.5, 0.6) is 0 Å². The van der Waals surface area contributed by atoms with Gasteiger partial charge in [-0.25, -0.2) is 9.18 Å². The van der Waals surface area contributed by atoms with Crippen LogP contribution in [-0.2, 0) is 17.8 Å². The van der Waals surface area contributed by atoms with E-state index in [4.69, 9.17) is 39.5 Å². The fraction of sp³-hybridized carbons (Fsp3) is 0.500. The lowest BCUT2D eigenvalue weighted by Crippen LogP contribution is -2.55. The summed E-state index contributed by atoms with van der Waals surface area (Å²) in [5.41, 5.74) is 2.79. The highest BCUT2D eigenvalue weighted by atomic mass is 35.5. The Bertz CT molecular complexity index is 1110. The summed E-state index contributed by atoms with van der Waals surface area (Å²) in [7, 11) is 0. The molecular weight excluding hydrogens is 526 g/mol. The first-order valence-electron chi connectivity index (χ1n) is 12.4. The van der Waals surface area contributed by atoms with Crippen molar-refractivity contribution >= 4 is 46.5 Å². The van der Waals surface area contributed by atoms with Crippen molar-refractivity contribution in [2.75, 3.05) is 57.4 Å². The molecule has 0 radical (unpaired) electrons. The Labute approximate surface area is 226 Å². The molecule has 0 aromatic heterocycles. The van der Waals surface area contributed by atoms with Crippen molar-refractivity contribution in [3.8, 4) is 0 Å². The zero-order valence-corrected chi connectivity index (χ0v) is 22.3. The molecule has 2 saturated heterocycles. The third-order valence-electron chi connectivity index (χ3n) is 7.34. The van der Waals surface area contributed by atoms with E-state index in [2.05, 4.69) is 9.80 Å². The third kappa shape index (κ3) is 5.77. The number of hydrogen-bond acceptors (Lipinski definition) is 4. The number of rotatable bonds is 6. The summed E-state index contributed by atoms with van der Waals surface area (Å²) in [6.45, 7) is 7.52. The standard InChI is InChI=1S/C26H30Cl3FN4O2/c27-22-14-20(30)2-1-18(22)16-32-5-3-21(4-6-32)34-25-15-24(29)23(28)13-19(25)17-33(26(34)35)8-7-31-9-11-36-12-10-31/h1-2,13-15,21H,3-12,16-17H2. The Morgan fingerprint density at radius 2 is 1.61 bits per heavy atom. The van der Waals surface area contributed by atoms with Gasteiger partial charge in [0.15, 0.2) is 0 Å². The average Bonchev–Trinajstić information content (AvgIpc) is 2.87. The van der Waals surface area contributed by atoms with E-state index in [-0.39, 0.29) is 17.9 Å². The van der Waals surface area contributed by atoms with Gasteiger partial charge in [-0.2, -0.15) is 0 Å². The van der Waals surface area contributed by atoms with Crippen molar-refractivity contribution in [3.63, 3.8) is 0 Å². The van der Waals surface area contributed by atoms with Crippen molar-refractivity contribution in [1.82, 2.24) is 14.7 Å². The van der Waals surface area contributed by atoms with Gasteiger partial charge in [-0.15, -0.1) is 0 Å². The Hall–Kier alpha value is -1.61. The quantitative estimate of drug-likeness (QED) is 0.470. The number of piperidine rings is 1. The van der Waals surface area contributed by atoms with Crippen LogP contribution in [0.25, 0.3) is 0 Å². The van der Waals surface area contributed by atoms with Gasteiger partial charge in [0.2, 0.25) is 0 Å². The van der Waals surface area contributed by atoms with Gasteiger partial charge < -0.3 is 9.64 Å².